The summed E-state index contributed by atoms with van der Waals surface area (Å²) >= 11 is 0. The Morgan fingerprint density at radius 2 is 1.84 bits per heavy atom. The number of nitrogens with zero attached hydrogens (tertiary/aromatic N) is 2. The third kappa shape index (κ3) is 6.98. The van der Waals surface area contributed by atoms with Gasteiger partial charge >= 0.3 is 12.3 Å². The van der Waals surface area contributed by atoms with E-state index >= 15 is 4.39 Å². The maximum atomic E-state index is 15.7. The van der Waals surface area contributed by atoms with Crippen LogP contribution < -0.4 is 15.0 Å². The number of hydrogen-bond donors (Lipinski definition) is 1. The van der Waals surface area contributed by atoms with Crippen molar-refractivity contribution in [1.29, 1.82) is 0 Å². The van der Waals surface area contributed by atoms with Crippen LogP contribution in [0.1, 0.15) is 39.2 Å². The number of anilines is 1. The smallest absolute Gasteiger partial charge is 0.422 e. The molecule has 1 aliphatic rings. The van der Waals surface area contributed by atoms with E-state index in [2.05, 4.69) is 5.32 Å². The lowest BCUT2D eigenvalue weighted by molar-refractivity contribution is -0.384. The predicted molar refractivity (Wildman–Crippen MR) is 124 cm³/mol. The molecule has 0 aliphatic carbocycles. The summed E-state index contributed by atoms with van der Waals surface area (Å²) in [7, 11) is 0. The number of alkyl halides is 4. The van der Waals surface area contributed by atoms with Crippen LogP contribution >= 0.6 is 0 Å². The van der Waals surface area contributed by atoms with Crippen molar-refractivity contribution < 1.29 is 41.1 Å². The Kier molecular flexibility index (Phi) is 7.84. The topological polar surface area (TPSA) is 93.9 Å². The summed E-state index contributed by atoms with van der Waals surface area (Å²) in [6, 6.07) is 6.27. The van der Waals surface area contributed by atoms with Crippen LogP contribution in [0.4, 0.5) is 38.1 Å². The van der Waals surface area contributed by atoms with Crippen LogP contribution in [-0.4, -0.2) is 41.9 Å². The first-order valence-electron chi connectivity index (χ1n) is 11.3. The zero-order chi connectivity index (χ0) is 27.6. The highest BCUT2D eigenvalue weighted by Crippen LogP contribution is 2.49. The maximum absolute atomic E-state index is 15.7. The van der Waals surface area contributed by atoms with E-state index in [1.807, 2.05) is 0 Å². The van der Waals surface area contributed by atoms with E-state index < -0.39 is 75.8 Å². The lowest BCUT2D eigenvalue weighted by Crippen LogP contribution is -2.52. The number of nitrogens with one attached hydrogen (secondary N) is 1. The number of rotatable bonds is 6. The molecule has 1 atom stereocenters. The number of nitro benzene ring substituents is 1. The summed E-state index contributed by atoms with van der Waals surface area (Å²) in [5.74, 6) is -2.34. The Morgan fingerprint density at radius 3 is 2.43 bits per heavy atom. The summed E-state index contributed by atoms with van der Waals surface area (Å²) in [4.78, 5) is 23.6. The molecule has 0 radical (unpaired) electrons. The molecule has 8 nitrogen and oxygen atoms in total. The standard InChI is InChI=1S/C24H26F5N3O5/c1-22(2,3)37-21(33)30-13-23(26)11-6-12-31(14-23)20-16(32(34)35)9-10-18(19(20)24(27,28)29)36-17-8-5-4-7-15(17)25/h4-5,7-10H,6,11-14H2,1-3H3,(H,30,33)/t23-/m1/s1. The van der Waals surface area contributed by atoms with Crippen molar-refractivity contribution in [3.63, 3.8) is 0 Å². The van der Waals surface area contributed by atoms with Gasteiger partial charge in [-0.25, -0.2) is 13.6 Å². The van der Waals surface area contributed by atoms with E-state index in [1.54, 1.807) is 20.8 Å². The molecule has 1 N–H and O–H groups in total. The minimum atomic E-state index is -5.17. The molecule has 2 aromatic rings. The van der Waals surface area contributed by atoms with Crippen LogP contribution in [0, 0.1) is 15.9 Å². The predicted octanol–water partition coefficient (Wildman–Crippen LogP) is 6.38. The number of carbonyl (C=O) groups excluding carboxylic acids is 1. The molecule has 13 heteroatoms. The Labute approximate surface area is 209 Å². The summed E-state index contributed by atoms with van der Waals surface area (Å²) in [6.45, 7) is 3.41. The molecule has 0 aromatic heterocycles. The lowest BCUT2D eigenvalue weighted by atomic mass is 9.93. The Balaban J connectivity index is 2.01. The molecule has 1 saturated heterocycles. The van der Waals surface area contributed by atoms with Crippen LogP contribution in [0.15, 0.2) is 36.4 Å². The Morgan fingerprint density at radius 1 is 1.16 bits per heavy atom. The maximum Gasteiger partial charge on any atom is 0.422 e. The van der Waals surface area contributed by atoms with Crippen molar-refractivity contribution in [3.05, 3.63) is 57.9 Å². The minimum Gasteiger partial charge on any atom is -0.454 e. The van der Waals surface area contributed by atoms with Crippen molar-refractivity contribution in [3.8, 4) is 11.5 Å². The Hall–Kier alpha value is -3.64. The first-order chi connectivity index (χ1) is 17.1. The van der Waals surface area contributed by atoms with Gasteiger partial charge in [-0.2, -0.15) is 13.2 Å². The lowest BCUT2D eigenvalue weighted by Gasteiger charge is -2.39. The van der Waals surface area contributed by atoms with Crippen LogP contribution in [0.3, 0.4) is 0 Å². The van der Waals surface area contributed by atoms with Crippen molar-refractivity contribution >= 4 is 17.5 Å². The monoisotopic (exact) mass is 531 g/mol. The number of piperidine rings is 1. The summed E-state index contributed by atoms with van der Waals surface area (Å²) < 4.78 is 83.1. The number of benzene rings is 2. The number of amides is 1. The third-order valence-electron chi connectivity index (χ3n) is 5.45. The molecule has 0 unspecified atom stereocenters. The SMILES string of the molecule is CC(C)(C)OC(=O)NC[C@]1(F)CCCN(c2c([N+](=O)[O-])ccc(Oc3ccccc3F)c2C(F)(F)F)C1. The summed E-state index contributed by atoms with van der Waals surface area (Å²) in [5, 5.41) is 14.0. The number of para-hydroxylation sites is 1. The molecule has 2 aromatic carbocycles. The highest BCUT2D eigenvalue weighted by atomic mass is 19.4. The largest absolute Gasteiger partial charge is 0.454 e. The van der Waals surface area contributed by atoms with Crippen LogP contribution in [-0.2, 0) is 10.9 Å². The summed E-state index contributed by atoms with van der Waals surface area (Å²) in [6.07, 6.45) is -6.16. The number of alkyl carbamates (subject to hydrolysis) is 1. The zero-order valence-corrected chi connectivity index (χ0v) is 20.3. The second-order valence-corrected chi connectivity index (χ2v) is 9.63. The second kappa shape index (κ2) is 10.4. The molecule has 0 saturated carbocycles. The van der Waals surface area contributed by atoms with Crippen molar-refractivity contribution in [1.82, 2.24) is 5.32 Å². The van der Waals surface area contributed by atoms with Gasteiger partial charge in [0.15, 0.2) is 11.6 Å². The molecule has 0 bridgehead atoms. The number of ether oxygens (including phenoxy) is 2. The van der Waals surface area contributed by atoms with Crippen molar-refractivity contribution in [2.75, 3.05) is 24.5 Å². The molecule has 37 heavy (non-hydrogen) atoms. The quantitative estimate of drug-likeness (QED) is 0.264. The molecular formula is C24H26F5N3O5. The molecule has 1 heterocycles. The van der Waals surface area contributed by atoms with Crippen molar-refractivity contribution in [2.24, 2.45) is 0 Å². The molecule has 1 amide bonds. The van der Waals surface area contributed by atoms with Gasteiger partial charge in [-0.05, 0) is 51.8 Å². The van der Waals surface area contributed by atoms with Gasteiger partial charge in [0.25, 0.3) is 5.69 Å². The van der Waals surface area contributed by atoms with E-state index in [1.165, 1.54) is 12.1 Å². The average Bonchev–Trinajstić information content (AvgIpc) is 2.77. The fourth-order valence-corrected chi connectivity index (χ4v) is 4.00. The van der Waals surface area contributed by atoms with Gasteiger partial charge in [-0.3, -0.25) is 10.1 Å². The van der Waals surface area contributed by atoms with Gasteiger partial charge in [0, 0.05) is 12.6 Å². The number of hydrogen-bond acceptors (Lipinski definition) is 6. The van der Waals surface area contributed by atoms with E-state index in [-0.39, 0.29) is 19.4 Å². The van der Waals surface area contributed by atoms with Gasteiger partial charge in [0.05, 0.1) is 18.0 Å². The van der Waals surface area contributed by atoms with Crippen LogP contribution in [0.5, 0.6) is 11.5 Å². The molecule has 202 valence electrons. The third-order valence-corrected chi connectivity index (χ3v) is 5.45. The van der Waals surface area contributed by atoms with Gasteiger partial charge in [0.2, 0.25) is 0 Å². The first kappa shape index (κ1) is 27.9. The van der Waals surface area contributed by atoms with Gasteiger partial charge < -0.3 is 19.7 Å². The van der Waals surface area contributed by atoms with Crippen molar-refractivity contribution in [2.45, 2.75) is 51.1 Å². The minimum absolute atomic E-state index is 0.0410. The summed E-state index contributed by atoms with van der Waals surface area (Å²) in [5.41, 5.74) is -6.42. The molecule has 3 rings (SSSR count). The molecule has 0 spiro atoms. The van der Waals surface area contributed by atoms with Crippen LogP contribution in [0.25, 0.3) is 0 Å². The normalized spacial score (nSPS) is 18.3. The van der Waals surface area contributed by atoms with E-state index in [0.29, 0.717) is 0 Å². The average molecular weight is 531 g/mol. The van der Waals surface area contributed by atoms with Crippen LogP contribution in [0.2, 0.25) is 0 Å². The van der Waals surface area contributed by atoms with Gasteiger partial charge in [-0.1, -0.05) is 12.1 Å². The number of halogens is 5. The number of carbonyl (C=O) groups is 1. The fraction of sp³-hybridized carbons (Fsp3) is 0.458. The molecular weight excluding hydrogens is 505 g/mol. The van der Waals surface area contributed by atoms with E-state index in [0.717, 1.165) is 29.2 Å². The highest BCUT2D eigenvalue weighted by Gasteiger charge is 2.46. The second-order valence-electron chi connectivity index (χ2n) is 9.63. The van der Waals surface area contributed by atoms with Gasteiger partial charge in [0.1, 0.15) is 28.3 Å². The van der Waals surface area contributed by atoms with E-state index in [4.69, 9.17) is 9.47 Å². The highest BCUT2D eigenvalue weighted by molar-refractivity contribution is 5.73. The van der Waals surface area contributed by atoms with Gasteiger partial charge in [-0.15, -0.1) is 0 Å². The number of nitro groups is 1. The zero-order valence-electron chi connectivity index (χ0n) is 20.3. The molecule has 1 fully saturated rings. The first-order valence-corrected chi connectivity index (χ1v) is 11.3. The molecule has 1 aliphatic heterocycles. The Bertz CT molecular complexity index is 1170. The fourth-order valence-electron chi connectivity index (χ4n) is 4.00. The van der Waals surface area contributed by atoms with E-state index in [9.17, 15) is 32.5 Å².